The summed E-state index contributed by atoms with van der Waals surface area (Å²) >= 11 is 0. The summed E-state index contributed by atoms with van der Waals surface area (Å²) in [7, 11) is 0. The minimum absolute atomic E-state index is 1.08. The van der Waals surface area contributed by atoms with Gasteiger partial charge in [-0.2, -0.15) is 0 Å². The summed E-state index contributed by atoms with van der Waals surface area (Å²) in [6, 6.07) is 0. The second-order valence-corrected chi connectivity index (χ2v) is 2.39. The van der Waals surface area contributed by atoms with Crippen LogP contribution in [0.1, 0.15) is 19.8 Å². The van der Waals surface area contributed by atoms with Crippen LogP contribution in [-0.4, -0.2) is 0 Å². The van der Waals surface area contributed by atoms with E-state index < -0.39 is 0 Å². The van der Waals surface area contributed by atoms with Crippen molar-refractivity contribution in [3.63, 3.8) is 0 Å². The monoisotopic (exact) mass is 120 g/mol. The average Bonchev–Trinajstić information content (AvgIpc) is 1.88. The Morgan fingerprint density at radius 1 is 1.67 bits per heavy atom. The van der Waals surface area contributed by atoms with E-state index >= 15 is 0 Å². The van der Waals surface area contributed by atoms with Crippen LogP contribution >= 0.6 is 0 Å². The molecular weight excluding hydrogens is 108 g/mol. The van der Waals surface area contributed by atoms with Crippen LogP contribution in [0.4, 0.5) is 0 Å². The Labute approximate surface area is 56.6 Å². The van der Waals surface area contributed by atoms with Gasteiger partial charge in [-0.1, -0.05) is 36.0 Å². The molecule has 9 heavy (non-hydrogen) atoms. The van der Waals surface area contributed by atoms with Gasteiger partial charge in [0.15, 0.2) is 0 Å². The fourth-order valence-corrected chi connectivity index (χ4v) is 1.02. The van der Waals surface area contributed by atoms with Gasteiger partial charge < -0.3 is 0 Å². The van der Waals surface area contributed by atoms with Crippen molar-refractivity contribution >= 4 is 0 Å². The Morgan fingerprint density at radius 3 is 2.89 bits per heavy atom. The molecule has 0 bridgehead atoms. The van der Waals surface area contributed by atoms with Crippen molar-refractivity contribution in [3.05, 3.63) is 36.0 Å². The van der Waals surface area contributed by atoms with E-state index in [1.165, 1.54) is 11.1 Å². The Hall–Kier alpha value is -0.780. The van der Waals surface area contributed by atoms with Crippen LogP contribution in [0.2, 0.25) is 0 Å². The van der Waals surface area contributed by atoms with Crippen LogP contribution < -0.4 is 0 Å². The molecule has 0 N–H and O–H groups in total. The highest BCUT2D eigenvalue weighted by Crippen LogP contribution is 2.19. The molecule has 0 fully saturated rings. The maximum Gasteiger partial charge on any atom is -0.00701 e. The maximum absolute atomic E-state index is 3.88. The molecule has 0 spiro atoms. The van der Waals surface area contributed by atoms with Crippen molar-refractivity contribution < 1.29 is 0 Å². The van der Waals surface area contributed by atoms with Gasteiger partial charge in [0.1, 0.15) is 0 Å². The van der Waals surface area contributed by atoms with E-state index in [-0.39, 0.29) is 0 Å². The van der Waals surface area contributed by atoms with Crippen LogP contribution in [0, 0.1) is 0 Å². The molecule has 0 nitrogen and oxygen atoms in total. The van der Waals surface area contributed by atoms with E-state index in [0.29, 0.717) is 0 Å². The van der Waals surface area contributed by atoms with E-state index in [0.717, 1.165) is 12.8 Å². The first kappa shape index (κ1) is 6.34. The highest BCUT2D eigenvalue weighted by Gasteiger charge is 1.99. The Balaban J connectivity index is 2.68. The lowest BCUT2D eigenvalue weighted by atomic mass is 9.98. The average molecular weight is 120 g/mol. The molecule has 1 aliphatic carbocycles. The Kier molecular flexibility index (Phi) is 1.88. The SMILES string of the molecule is C=C1C=CCC(=CC)C1. The largest absolute Gasteiger partial charge is 0.0955 e. The molecule has 1 aliphatic rings. The van der Waals surface area contributed by atoms with Gasteiger partial charge in [0.25, 0.3) is 0 Å². The fraction of sp³-hybridized carbons (Fsp3) is 0.333. The van der Waals surface area contributed by atoms with E-state index in [2.05, 4.69) is 31.7 Å². The zero-order valence-corrected chi connectivity index (χ0v) is 5.85. The number of hydrogen-bond acceptors (Lipinski definition) is 0. The van der Waals surface area contributed by atoms with Crippen molar-refractivity contribution in [1.82, 2.24) is 0 Å². The van der Waals surface area contributed by atoms with Gasteiger partial charge in [-0.05, 0) is 19.8 Å². The van der Waals surface area contributed by atoms with Gasteiger partial charge in [-0.25, -0.2) is 0 Å². The molecule has 0 unspecified atom stereocenters. The van der Waals surface area contributed by atoms with Crippen molar-refractivity contribution in [2.24, 2.45) is 0 Å². The summed E-state index contributed by atoms with van der Waals surface area (Å²) in [5, 5.41) is 0. The van der Waals surface area contributed by atoms with Crippen molar-refractivity contribution in [1.29, 1.82) is 0 Å². The quantitative estimate of drug-likeness (QED) is 0.431. The maximum atomic E-state index is 3.88. The first-order valence-electron chi connectivity index (χ1n) is 3.31. The van der Waals surface area contributed by atoms with Crippen LogP contribution in [0.5, 0.6) is 0 Å². The fourth-order valence-electron chi connectivity index (χ4n) is 1.02. The molecule has 48 valence electrons. The summed E-state index contributed by atoms with van der Waals surface area (Å²) < 4.78 is 0. The molecule has 0 saturated carbocycles. The summed E-state index contributed by atoms with van der Waals surface area (Å²) in [4.78, 5) is 0. The first-order valence-corrected chi connectivity index (χ1v) is 3.31. The second-order valence-electron chi connectivity index (χ2n) is 2.39. The van der Waals surface area contributed by atoms with Crippen molar-refractivity contribution in [2.75, 3.05) is 0 Å². The predicted molar refractivity (Wildman–Crippen MR) is 41.3 cm³/mol. The topological polar surface area (TPSA) is 0 Å². The van der Waals surface area contributed by atoms with Crippen LogP contribution in [-0.2, 0) is 0 Å². The Morgan fingerprint density at radius 2 is 2.44 bits per heavy atom. The molecule has 0 aromatic carbocycles. The van der Waals surface area contributed by atoms with Crippen LogP contribution in [0.3, 0.4) is 0 Å². The first-order chi connectivity index (χ1) is 4.33. The molecular formula is C9H12. The highest BCUT2D eigenvalue weighted by molar-refractivity contribution is 5.28. The molecule has 0 atom stereocenters. The summed E-state index contributed by atoms with van der Waals surface area (Å²) in [6.45, 7) is 5.97. The smallest absolute Gasteiger partial charge is 0.00701 e. The van der Waals surface area contributed by atoms with Gasteiger partial charge in [-0.15, -0.1) is 0 Å². The zero-order valence-electron chi connectivity index (χ0n) is 5.85. The minimum atomic E-state index is 1.08. The molecule has 0 heterocycles. The number of hydrogen-bond donors (Lipinski definition) is 0. The van der Waals surface area contributed by atoms with E-state index in [9.17, 15) is 0 Å². The highest BCUT2D eigenvalue weighted by atomic mass is 14.1. The number of allylic oxidation sites excluding steroid dienone is 5. The van der Waals surface area contributed by atoms with Gasteiger partial charge in [0, 0.05) is 0 Å². The van der Waals surface area contributed by atoms with Crippen molar-refractivity contribution in [2.45, 2.75) is 19.8 Å². The summed E-state index contributed by atoms with van der Waals surface area (Å²) in [6.07, 6.45) is 8.64. The summed E-state index contributed by atoms with van der Waals surface area (Å²) in [5.74, 6) is 0. The standard InChI is InChI=1S/C9H12/c1-3-9-6-4-5-8(2)7-9/h3-5H,2,6-7H2,1H3. The molecule has 0 amide bonds. The van der Waals surface area contributed by atoms with Crippen LogP contribution in [0.25, 0.3) is 0 Å². The molecule has 0 heteroatoms. The normalized spacial score (nSPS) is 23.2. The second kappa shape index (κ2) is 2.67. The Bertz CT molecular complexity index is 170. The molecule has 0 saturated heterocycles. The minimum Gasteiger partial charge on any atom is -0.0955 e. The molecule has 0 aromatic rings. The van der Waals surface area contributed by atoms with Gasteiger partial charge in [0.2, 0.25) is 0 Å². The third-order valence-electron chi connectivity index (χ3n) is 1.60. The lowest BCUT2D eigenvalue weighted by molar-refractivity contribution is 1.03. The lowest BCUT2D eigenvalue weighted by Gasteiger charge is -2.08. The van der Waals surface area contributed by atoms with Gasteiger partial charge >= 0.3 is 0 Å². The van der Waals surface area contributed by atoms with Gasteiger partial charge in [0.05, 0.1) is 0 Å². The van der Waals surface area contributed by atoms with E-state index in [4.69, 9.17) is 0 Å². The van der Waals surface area contributed by atoms with Gasteiger partial charge in [-0.3, -0.25) is 0 Å². The third kappa shape index (κ3) is 1.56. The van der Waals surface area contributed by atoms with Crippen molar-refractivity contribution in [3.8, 4) is 0 Å². The molecule has 0 aromatic heterocycles. The van der Waals surface area contributed by atoms with E-state index in [1.807, 2.05) is 0 Å². The lowest BCUT2D eigenvalue weighted by Crippen LogP contribution is -1.88. The predicted octanol–water partition coefficient (Wildman–Crippen LogP) is 2.84. The zero-order chi connectivity index (χ0) is 6.69. The number of rotatable bonds is 0. The molecule has 0 radical (unpaired) electrons. The molecule has 1 rings (SSSR count). The van der Waals surface area contributed by atoms with E-state index in [1.54, 1.807) is 0 Å². The molecule has 0 aliphatic heterocycles. The summed E-state index contributed by atoms with van der Waals surface area (Å²) in [5.41, 5.74) is 2.72. The third-order valence-corrected chi connectivity index (χ3v) is 1.60. The van der Waals surface area contributed by atoms with Crippen LogP contribution in [0.15, 0.2) is 36.0 Å².